The van der Waals surface area contributed by atoms with Gasteiger partial charge in [0.05, 0.1) is 33.9 Å². The number of aliphatic imine (C=N–C) groups is 2. The first kappa shape index (κ1) is 82.6. The van der Waals surface area contributed by atoms with Gasteiger partial charge in [-0.2, -0.15) is 0 Å². The second-order valence-electron chi connectivity index (χ2n) is 23.9. The predicted octanol–water partition coefficient (Wildman–Crippen LogP) is 23.5. The van der Waals surface area contributed by atoms with Crippen molar-refractivity contribution in [2.75, 3.05) is 0 Å². The van der Waals surface area contributed by atoms with Gasteiger partial charge in [-0.25, -0.2) is 9.59 Å². The normalized spacial score (nSPS) is 11.5. The third kappa shape index (κ3) is 37.0. The van der Waals surface area contributed by atoms with E-state index in [0.29, 0.717) is 24.0 Å². The molecular weight excluding hydrogens is 1290 g/mol. The van der Waals surface area contributed by atoms with Crippen molar-refractivity contribution in [3.8, 4) is 23.0 Å². The molecule has 500 valence electrons. The molecule has 0 amide bonds. The molecule has 4 N–H and O–H groups in total. The molecule has 0 heterocycles. The van der Waals surface area contributed by atoms with Crippen molar-refractivity contribution in [2.24, 2.45) is 9.98 Å². The van der Waals surface area contributed by atoms with Crippen LogP contribution in [-0.2, 0) is 35.8 Å². The molecule has 0 fully saturated rings. The number of phenols is 2. The zero-order chi connectivity index (χ0) is 64.4. The molecule has 0 saturated carbocycles. The maximum absolute atomic E-state index is 11.5. The number of aromatic hydroxyl groups is 2. The summed E-state index contributed by atoms with van der Waals surface area (Å²) in [5, 5.41) is 59.6. The summed E-state index contributed by atoms with van der Waals surface area (Å²) in [6.45, 7) is 11.0. The molecule has 89 heavy (non-hydrogen) atoms. The molecule has 0 spiro atoms. The van der Waals surface area contributed by atoms with Gasteiger partial charge < -0.3 is 30.6 Å². The molecule has 4 aromatic carbocycles. The smallest absolute Gasteiger partial charge is 0.869 e. The number of carboxylic acid groups (broad SMARTS) is 2. The summed E-state index contributed by atoms with van der Waals surface area (Å²) in [5.41, 5.74) is 6.42. The Morgan fingerprint density at radius 3 is 1.19 bits per heavy atom. The van der Waals surface area contributed by atoms with Crippen molar-refractivity contribution in [1.29, 1.82) is 0 Å². The van der Waals surface area contributed by atoms with Crippen LogP contribution in [0.2, 0.25) is 0 Å². The van der Waals surface area contributed by atoms with E-state index in [1.54, 1.807) is 0 Å². The predicted molar refractivity (Wildman–Crippen MR) is 376 cm³/mol. The molecule has 4 rings (SSSR count). The van der Waals surface area contributed by atoms with Crippen LogP contribution in [0.25, 0.3) is 0 Å². The van der Waals surface area contributed by atoms with Crippen LogP contribution in [0, 0.1) is 0 Å². The van der Waals surface area contributed by atoms with Gasteiger partial charge in [0, 0.05) is 8.95 Å². The number of para-hydroxylation sites is 2. The summed E-state index contributed by atoms with van der Waals surface area (Å²) in [6.07, 6.45) is 56.5. The molecule has 4 aromatic rings. The van der Waals surface area contributed by atoms with Crippen molar-refractivity contribution in [3.05, 3.63) is 116 Å². The zero-order valence-electron chi connectivity index (χ0n) is 55.4. The minimum absolute atomic E-state index is 0. The van der Waals surface area contributed by atoms with Gasteiger partial charge in [0.1, 0.15) is 11.5 Å². The molecule has 0 unspecified atom stereocenters. The molecule has 0 aliphatic rings. The Morgan fingerprint density at radius 1 is 0.416 bits per heavy atom. The Kier molecular flexibility index (Phi) is 50.2. The summed E-state index contributed by atoms with van der Waals surface area (Å²) in [5.74, 6) is -5.34. The van der Waals surface area contributed by atoms with E-state index in [2.05, 4.69) is 133 Å². The van der Waals surface area contributed by atoms with Crippen molar-refractivity contribution < 1.29 is 56.7 Å². The Labute approximate surface area is 566 Å². The van der Waals surface area contributed by atoms with E-state index in [9.17, 15) is 30.0 Å². The molecule has 0 aliphatic heterocycles. The number of aryl methyl sites for hydroxylation is 3. The standard InChI is InChI=1S/C52H86N2.2C12H15BrO4.Ni/c1-4-7-10-12-13-14-15-16-17-18-19-20-21-22-23-24-25-26-27-28-29-30-31-32-33-35-41-48-42-39-40-46-50(48)54-52(45-9-6-3)51(47-38-11-8-5-2)53-49-43-36-34-37-44-49;2*1-2-3-4-5-7-6-8(14)11(15)9(10(7)13)12(16)17;/h32-34,36-37,39-40,42-44,46H,4-31,35,38,41,45,47H2,1-3H3;2*6,14-15H,2-5H2,1H3,(H,16,17);/q;;;+2/p-2. The number of unbranched alkanes of at least 4 members (excludes halogenated alkanes) is 30. The number of benzene rings is 4. The van der Waals surface area contributed by atoms with Gasteiger partial charge >= 0.3 is 28.4 Å². The van der Waals surface area contributed by atoms with E-state index in [4.69, 9.17) is 20.2 Å². The minimum atomic E-state index is -1.32. The van der Waals surface area contributed by atoms with E-state index in [0.717, 1.165) is 82.0 Å². The van der Waals surface area contributed by atoms with E-state index in [1.807, 2.05) is 0 Å². The third-order valence-corrected chi connectivity index (χ3v) is 18.0. The topological polar surface area (TPSA) is 186 Å². The number of aromatic carboxylic acids is 2. The van der Waals surface area contributed by atoms with Gasteiger partial charge in [-0.3, -0.25) is 9.98 Å². The minimum Gasteiger partial charge on any atom is -0.869 e. The van der Waals surface area contributed by atoms with Gasteiger partial charge in [0.25, 0.3) is 0 Å². The van der Waals surface area contributed by atoms with Crippen LogP contribution in [0.4, 0.5) is 11.4 Å². The molecular formula is C76H114Br2N2NiO8. The number of halogens is 2. The average Bonchev–Trinajstić information content (AvgIpc) is 1.38. The fraction of sp³-hybridized carbons (Fsp3) is 0.605. The third-order valence-electron chi connectivity index (χ3n) is 16.2. The van der Waals surface area contributed by atoms with Gasteiger partial charge in [0.2, 0.25) is 0 Å². The van der Waals surface area contributed by atoms with E-state index < -0.39 is 46.1 Å². The number of hydrogen-bond donors (Lipinski definition) is 4. The van der Waals surface area contributed by atoms with Crippen molar-refractivity contribution in [1.82, 2.24) is 0 Å². The maximum atomic E-state index is 11.5. The average molecular weight is 1400 g/mol. The first-order valence-corrected chi connectivity index (χ1v) is 36.2. The van der Waals surface area contributed by atoms with Crippen molar-refractivity contribution >= 4 is 66.6 Å². The fourth-order valence-electron chi connectivity index (χ4n) is 10.8. The van der Waals surface area contributed by atoms with Gasteiger partial charge in [-0.1, -0.05) is 269 Å². The van der Waals surface area contributed by atoms with E-state index in [-0.39, 0.29) is 25.4 Å². The summed E-state index contributed by atoms with van der Waals surface area (Å²) < 4.78 is 0.563. The molecule has 13 heteroatoms. The molecule has 0 bridgehead atoms. The van der Waals surface area contributed by atoms with E-state index in [1.165, 1.54) is 209 Å². The Bertz CT molecular complexity index is 2510. The Morgan fingerprint density at radius 2 is 0.764 bits per heavy atom. The molecule has 0 aliphatic carbocycles. The van der Waals surface area contributed by atoms with Gasteiger partial charge in [0.15, 0.2) is 0 Å². The second-order valence-corrected chi connectivity index (χ2v) is 25.5. The van der Waals surface area contributed by atoms with Crippen LogP contribution in [0.1, 0.15) is 316 Å². The monoisotopic (exact) mass is 1400 g/mol. The van der Waals surface area contributed by atoms with E-state index >= 15 is 0 Å². The summed E-state index contributed by atoms with van der Waals surface area (Å²) in [4.78, 5) is 32.4. The quantitative estimate of drug-likeness (QED) is 0.0146. The molecule has 10 nitrogen and oxygen atoms in total. The maximum Gasteiger partial charge on any atom is 2.00 e. The summed E-state index contributed by atoms with van der Waals surface area (Å²) in [7, 11) is 0. The fourth-order valence-corrected chi connectivity index (χ4v) is 12.1. The first-order valence-electron chi connectivity index (χ1n) is 34.6. The first-order chi connectivity index (χ1) is 42.7. The number of hydrogen-bond acceptors (Lipinski definition) is 8. The Hall–Kier alpha value is -4.45. The van der Waals surface area contributed by atoms with Crippen LogP contribution in [0.15, 0.2) is 97.8 Å². The van der Waals surface area contributed by atoms with Crippen molar-refractivity contribution in [2.45, 2.75) is 298 Å². The number of phenolic OH excluding ortho intramolecular Hbond substituents is 2. The molecule has 0 saturated heterocycles. The summed E-state index contributed by atoms with van der Waals surface area (Å²) in [6, 6.07) is 22.0. The molecule has 0 atom stereocenters. The number of carboxylic acids is 2. The second kappa shape index (κ2) is 54.1. The Balaban J connectivity index is 0.000000909. The largest absolute Gasteiger partial charge is 2.00 e. The SMILES string of the molecule is CCCCCCCCCCCCCCCCCCCCCCCCC=CCCc1ccccc1N=C(CCCC)C(CCCCCC)=Nc1ccccc1.CCCCCc1cc(O)c([O-])c(C(=O)O)c1Br.CCCCCc1cc(O)c([O-])c(C(=O)O)c1Br.[Ni+2]. The number of nitrogens with zero attached hydrogens (tertiary/aromatic N) is 2. The number of allylic oxidation sites excluding steroid dienone is 2. The summed E-state index contributed by atoms with van der Waals surface area (Å²) >= 11 is 6.25. The van der Waals surface area contributed by atoms with Crippen LogP contribution in [0.5, 0.6) is 23.0 Å². The molecule has 0 radical (unpaired) electrons. The van der Waals surface area contributed by atoms with Crippen LogP contribution < -0.4 is 10.2 Å². The molecule has 0 aromatic heterocycles. The van der Waals surface area contributed by atoms with Crippen LogP contribution in [-0.4, -0.2) is 43.8 Å². The van der Waals surface area contributed by atoms with Crippen LogP contribution in [0.3, 0.4) is 0 Å². The zero-order valence-corrected chi connectivity index (χ0v) is 59.5. The van der Waals surface area contributed by atoms with Gasteiger partial charge in [-0.15, -0.1) is 0 Å². The van der Waals surface area contributed by atoms with Crippen LogP contribution >= 0.6 is 31.9 Å². The number of rotatable bonds is 47. The van der Waals surface area contributed by atoms with Crippen molar-refractivity contribution in [3.63, 3.8) is 0 Å². The number of carbonyl (C=O) groups is 2. The van der Waals surface area contributed by atoms with Gasteiger partial charge in [-0.05, 0) is 167 Å².